The fourth-order valence-corrected chi connectivity index (χ4v) is 2.63. The number of alkyl halides is 1. The van der Waals surface area contributed by atoms with Crippen molar-refractivity contribution in [1.82, 2.24) is 4.98 Å². The van der Waals surface area contributed by atoms with Gasteiger partial charge in [0.1, 0.15) is 5.52 Å². The molecule has 120 valence electrons. The highest BCUT2D eigenvalue weighted by atomic mass is 35.5. The number of aliphatic hydroxyl groups is 1. The van der Waals surface area contributed by atoms with E-state index in [9.17, 15) is 5.11 Å². The SMILES string of the molecule is Cc1ccccc1-c1nc2cc(NCC(O)CCl)cc(C)c2o1. The number of aliphatic hydroxyl groups excluding tert-OH is 1. The highest BCUT2D eigenvalue weighted by Gasteiger charge is 2.13. The fourth-order valence-electron chi connectivity index (χ4n) is 2.52. The van der Waals surface area contributed by atoms with Crippen molar-refractivity contribution in [2.24, 2.45) is 0 Å². The van der Waals surface area contributed by atoms with Crippen LogP contribution >= 0.6 is 11.6 Å². The molecule has 3 aromatic rings. The maximum absolute atomic E-state index is 9.56. The average Bonchev–Trinajstić information content (AvgIpc) is 2.97. The molecule has 1 aromatic heterocycles. The lowest BCUT2D eigenvalue weighted by atomic mass is 10.1. The van der Waals surface area contributed by atoms with Crippen LogP contribution < -0.4 is 5.32 Å². The normalized spacial score (nSPS) is 12.5. The lowest BCUT2D eigenvalue weighted by Crippen LogP contribution is -2.20. The van der Waals surface area contributed by atoms with Gasteiger partial charge in [0, 0.05) is 17.8 Å². The number of aryl methyl sites for hydroxylation is 2. The molecular weight excluding hydrogens is 312 g/mol. The third-order valence-electron chi connectivity index (χ3n) is 3.77. The topological polar surface area (TPSA) is 58.3 Å². The van der Waals surface area contributed by atoms with E-state index in [4.69, 9.17) is 16.0 Å². The monoisotopic (exact) mass is 330 g/mol. The number of aromatic nitrogens is 1. The summed E-state index contributed by atoms with van der Waals surface area (Å²) in [6.07, 6.45) is -0.576. The molecular formula is C18H19ClN2O2. The molecule has 2 aromatic carbocycles. The number of halogens is 1. The molecule has 0 radical (unpaired) electrons. The Balaban J connectivity index is 1.96. The van der Waals surface area contributed by atoms with Crippen molar-refractivity contribution < 1.29 is 9.52 Å². The number of rotatable bonds is 5. The highest BCUT2D eigenvalue weighted by molar-refractivity contribution is 6.18. The largest absolute Gasteiger partial charge is 0.436 e. The van der Waals surface area contributed by atoms with Gasteiger partial charge in [0.05, 0.1) is 12.0 Å². The zero-order valence-electron chi connectivity index (χ0n) is 13.1. The van der Waals surface area contributed by atoms with Gasteiger partial charge < -0.3 is 14.8 Å². The van der Waals surface area contributed by atoms with Gasteiger partial charge in [-0.15, -0.1) is 11.6 Å². The Bertz CT molecular complexity index is 829. The van der Waals surface area contributed by atoms with E-state index in [-0.39, 0.29) is 5.88 Å². The molecule has 0 aliphatic heterocycles. The van der Waals surface area contributed by atoms with Crippen molar-refractivity contribution in [1.29, 1.82) is 0 Å². The van der Waals surface area contributed by atoms with E-state index in [0.29, 0.717) is 12.4 Å². The Kier molecular flexibility index (Phi) is 4.55. The first-order valence-electron chi connectivity index (χ1n) is 7.53. The maximum atomic E-state index is 9.56. The van der Waals surface area contributed by atoms with Gasteiger partial charge in [-0.1, -0.05) is 18.2 Å². The summed E-state index contributed by atoms with van der Waals surface area (Å²) in [5, 5.41) is 12.7. The van der Waals surface area contributed by atoms with Gasteiger partial charge in [-0.3, -0.25) is 0 Å². The Labute approximate surface area is 140 Å². The van der Waals surface area contributed by atoms with Crippen LogP contribution in [-0.2, 0) is 0 Å². The molecule has 1 unspecified atom stereocenters. The summed E-state index contributed by atoms with van der Waals surface area (Å²) < 4.78 is 5.96. The predicted octanol–water partition coefficient (Wildman–Crippen LogP) is 4.12. The van der Waals surface area contributed by atoms with Gasteiger partial charge in [0.2, 0.25) is 5.89 Å². The standard InChI is InChI=1S/C18H19ClN2O2/c1-11-5-3-4-6-15(11)18-21-16-8-13(20-10-14(22)9-19)7-12(2)17(16)23-18/h3-8,14,20,22H,9-10H2,1-2H3. The molecule has 2 N–H and O–H groups in total. The molecule has 0 saturated heterocycles. The second-order valence-corrected chi connectivity index (χ2v) is 5.97. The molecule has 0 aliphatic rings. The predicted molar refractivity (Wildman–Crippen MR) is 94.1 cm³/mol. The minimum atomic E-state index is -0.576. The summed E-state index contributed by atoms with van der Waals surface area (Å²) in [5.74, 6) is 0.828. The van der Waals surface area contributed by atoms with Crippen LogP contribution in [0.5, 0.6) is 0 Å². The van der Waals surface area contributed by atoms with Gasteiger partial charge in [0.25, 0.3) is 0 Å². The van der Waals surface area contributed by atoms with Crippen LogP contribution in [0, 0.1) is 13.8 Å². The summed E-state index contributed by atoms with van der Waals surface area (Å²) in [6, 6.07) is 11.9. The Morgan fingerprint density at radius 3 is 2.74 bits per heavy atom. The van der Waals surface area contributed by atoms with E-state index < -0.39 is 6.10 Å². The van der Waals surface area contributed by atoms with E-state index in [1.807, 2.05) is 50.2 Å². The van der Waals surface area contributed by atoms with E-state index >= 15 is 0 Å². The number of nitrogens with zero attached hydrogens (tertiary/aromatic N) is 1. The van der Waals surface area contributed by atoms with Crippen molar-refractivity contribution in [3.05, 3.63) is 47.5 Å². The lowest BCUT2D eigenvalue weighted by molar-refractivity contribution is 0.211. The van der Waals surface area contributed by atoms with Crippen molar-refractivity contribution in [2.45, 2.75) is 20.0 Å². The number of hydrogen-bond donors (Lipinski definition) is 2. The van der Waals surface area contributed by atoms with Crippen molar-refractivity contribution in [2.75, 3.05) is 17.7 Å². The van der Waals surface area contributed by atoms with Crippen molar-refractivity contribution in [3.63, 3.8) is 0 Å². The minimum Gasteiger partial charge on any atom is -0.436 e. The third-order valence-corrected chi connectivity index (χ3v) is 4.13. The molecule has 0 bridgehead atoms. The average molecular weight is 331 g/mol. The second-order valence-electron chi connectivity index (χ2n) is 5.66. The van der Waals surface area contributed by atoms with E-state index in [2.05, 4.69) is 10.3 Å². The van der Waals surface area contributed by atoms with Crippen LogP contribution in [0.2, 0.25) is 0 Å². The first-order chi connectivity index (χ1) is 11.1. The van der Waals surface area contributed by atoms with Crippen LogP contribution in [-0.4, -0.2) is 28.6 Å². The number of benzene rings is 2. The summed E-state index contributed by atoms with van der Waals surface area (Å²) in [6.45, 7) is 4.42. The zero-order chi connectivity index (χ0) is 16.4. The van der Waals surface area contributed by atoms with Gasteiger partial charge in [-0.2, -0.15) is 0 Å². The fraction of sp³-hybridized carbons (Fsp3) is 0.278. The third kappa shape index (κ3) is 3.33. The molecule has 1 heterocycles. The van der Waals surface area contributed by atoms with Crippen molar-refractivity contribution >= 4 is 28.4 Å². The summed E-state index contributed by atoms with van der Waals surface area (Å²) in [7, 11) is 0. The number of fused-ring (bicyclic) bond motifs is 1. The molecule has 0 amide bonds. The second kappa shape index (κ2) is 6.60. The van der Waals surface area contributed by atoms with Crippen LogP contribution in [0.4, 0.5) is 5.69 Å². The number of hydrogen-bond acceptors (Lipinski definition) is 4. The van der Waals surface area contributed by atoms with Crippen molar-refractivity contribution in [3.8, 4) is 11.5 Å². The number of oxazole rings is 1. The van der Waals surface area contributed by atoms with E-state index in [1.165, 1.54) is 0 Å². The number of anilines is 1. The molecule has 0 fully saturated rings. The molecule has 3 rings (SSSR count). The lowest BCUT2D eigenvalue weighted by Gasteiger charge is -2.10. The van der Waals surface area contributed by atoms with Gasteiger partial charge >= 0.3 is 0 Å². The molecule has 23 heavy (non-hydrogen) atoms. The number of nitrogens with one attached hydrogen (secondary N) is 1. The first kappa shape index (κ1) is 15.8. The smallest absolute Gasteiger partial charge is 0.227 e. The van der Waals surface area contributed by atoms with Gasteiger partial charge in [0.15, 0.2) is 5.58 Å². The maximum Gasteiger partial charge on any atom is 0.227 e. The first-order valence-corrected chi connectivity index (χ1v) is 8.07. The van der Waals surface area contributed by atoms with E-state index in [1.54, 1.807) is 0 Å². The minimum absolute atomic E-state index is 0.204. The van der Waals surface area contributed by atoms with E-state index in [0.717, 1.165) is 33.5 Å². The van der Waals surface area contributed by atoms with Crippen LogP contribution in [0.15, 0.2) is 40.8 Å². The van der Waals surface area contributed by atoms with Gasteiger partial charge in [-0.25, -0.2) is 4.98 Å². The molecule has 4 nitrogen and oxygen atoms in total. The Morgan fingerprint density at radius 1 is 1.22 bits per heavy atom. The highest BCUT2D eigenvalue weighted by Crippen LogP contribution is 2.30. The van der Waals surface area contributed by atoms with Crippen LogP contribution in [0.1, 0.15) is 11.1 Å². The summed E-state index contributed by atoms with van der Waals surface area (Å²) >= 11 is 5.61. The Hall–Kier alpha value is -2.04. The molecule has 0 aliphatic carbocycles. The van der Waals surface area contributed by atoms with Crippen LogP contribution in [0.25, 0.3) is 22.6 Å². The molecule has 5 heteroatoms. The molecule has 0 spiro atoms. The van der Waals surface area contributed by atoms with Crippen LogP contribution in [0.3, 0.4) is 0 Å². The molecule has 0 saturated carbocycles. The Morgan fingerprint density at radius 2 is 2.00 bits per heavy atom. The molecule has 1 atom stereocenters. The summed E-state index contributed by atoms with van der Waals surface area (Å²) in [4.78, 5) is 4.62. The zero-order valence-corrected chi connectivity index (χ0v) is 13.9. The van der Waals surface area contributed by atoms with Gasteiger partial charge in [-0.05, 0) is 43.2 Å². The quantitative estimate of drug-likeness (QED) is 0.691. The summed E-state index contributed by atoms with van der Waals surface area (Å²) in [5.41, 5.74) is 5.59.